The van der Waals surface area contributed by atoms with Gasteiger partial charge in [0.2, 0.25) is 5.69 Å². The minimum absolute atomic E-state index is 1.24. The first-order chi connectivity index (χ1) is 14.7. The number of hydrogen-bond donors (Lipinski definition) is 0. The van der Waals surface area contributed by atoms with Crippen LogP contribution in [0.2, 0.25) is 0 Å². The van der Waals surface area contributed by atoms with Crippen LogP contribution in [0.15, 0.2) is 97.2 Å². The van der Waals surface area contributed by atoms with Gasteiger partial charge < -0.3 is 0 Å². The summed E-state index contributed by atoms with van der Waals surface area (Å²) in [6.45, 7) is 2.21. The zero-order valence-electron chi connectivity index (χ0n) is 17.2. The standard InChI is InChI=1S/C29H22N/c1-19-15-20-9-3-4-10-21(20)16-26(19)29-17-27-24-13-7-5-11-22(24)23-12-6-8-14-25(23)28(27)18-30(29)2/h3-18H,1-2H3/q+1. The lowest BCUT2D eigenvalue weighted by Crippen LogP contribution is -2.30. The first-order valence-corrected chi connectivity index (χ1v) is 10.4. The molecule has 0 fully saturated rings. The number of aryl methyl sites for hydroxylation is 2. The molecule has 0 amide bonds. The van der Waals surface area contributed by atoms with Gasteiger partial charge in [-0.15, -0.1) is 0 Å². The van der Waals surface area contributed by atoms with Gasteiger partial charge in [-0.1, -0.05) is 78.9 Å². The van der Waals surface area contributed by atoms with E-state index in [2.05, 4.69) is 116 Å². The molecule has 1 aromatic heterocycles. The summed E-state index contributed by atoms with van der Waals surface area (Å²) in [7, 11) is 2.16. The molecular weight excluding hydrogens is 362 g/mol. The lowest BCUT2D eigenvalue weighted by molar-refractivity contribution is -0.659. The van der Waals surface area contributed by atoms with Crippen LogP contribution in [-0.4, -0.2) is 0 Å². The maximum absolute atomic E-state index is 2.38. The van der Waals surface area contributed by atoms with E-state index >= 15 is 0 Å². The van der Waals surface area contributed by atoms with E-state index in [0.29, 0.717) is 0 Å². The quantitative estimate of drug-likeness (QED) is 0.210. The zero-order chi connectivity index (χ0) is 20.2. The Morgan fingerprint density at radius 1 is 0.533 bits per heavy atom. The number of pyridine rings is 1. The van der Waals surface area contributed by atoms with Crippen molar-refractivity contribution in [2.24, 2.45) is 7.05 Å². The summed E-state index contributed by atoms with van der Waals surface area (Å²) in [6.07, 6.45) is 2.30. The molecule has 0 N–H and O–H groups in total. The van der Waals surface area contributed by atoms with E-state index in [1.54, 1.807) is 0 Å². The molecule has 0 aliphatic carbocycles. The van der Waals surface area contributed by atoms with Gasteiger partial charge in [0.15, 0.2) is 6.20 Å². The van der Waals surface area contributed by atoms with E-state index in [4.69, 9.17) is 0 Å². The summed E-state index contributed by atoms with van der Waals surface area (Å²) in [6, 6.07) is 33.1. The molecule has 0 unspecified atom stereocenters. The van der Waals surface area contributed by atoms with Crippen molar-refractivity contribution in [3.8, 4) is 11.3 Å². The number of aromatic nitrogens is 1. The largest absolute Gasteiger partial charge is 0.213 e. The van der Waals surface area contributed by atoms with Crippen molar-refractivity contribution in [3.05, 3.63) is 103 Å². The van der Waals surface area contributed by atoms with E-state index in [0.717, 1.165) is 0 Å². The first-order valence-electron chi connectivity index (χ1n) is 10.4. The molecule has 6 rings (SSSR count). The fourth-order valence-corrected chi connectivity index (χ4v) is 4.89. The summed E-state index contributed by atoms with van der Waals surface area (Å²) < 4.78 is 2.28. The molecular formula is C29H22N+. The van der Waals surface area contributed by atoms with Gasteiger partial charge in [0, 0.05) is 17.0 Å². The third-order valence-electron chi connectivity index (χ3n) is 6.37. The third kappa shape index (κ3) is 2.45. The van der Waals surface area contributed by atoms with Crippen molar-refractivity contribution >= 4 is 43.1 Å². The van der Waals surface area contributed by atoms with Crippen molar-refractivity contribution in [2.45, 2.75) is 6.92 Å². The van der Waals surface area contributed by atoms with Gasteiger partial charge in [0.25, 0.3) is 0 Å². The Kier molecular flexibility index (Phi) is 3.66. The van der Waals surface area contributed by atoms with Crippen LogP contribution in [0.25, 0.3) is 54.3 Å². The average Bonchev–Trinajstić information content (AvgIpc) is 2.79. The van der Waals surface area contributed by atoms with Crippen molar-refractivity contribution in [1.82, 2.24) is 0 Å². The van der Waals surface area contributed by atoms with Crippen LogP contribution in [0, 0.1) is 6.92 Å². The summed E-state index contributed by atoms with van der Waals surface area (Å²) in [5, 5.41) is 10.4. The van der Waals surface area contributed by atoms with Crippen LogP contribution < -0.4 is 4.57 Å². The summed E-state index contributed by atoms with van der Waals surface area (Å²) in [4.78, 5) is 0. The number of rotatable bonds is 1. The molecule has 1 nitrogen and oxygen atoms in total. The van der Waals surface area contributed by atoms with E-state index in [1.165, 1.54) is 59.9 Å². The fourth-order valence-electron chi connectivity index (χ4n) is 4.89. The molecule has 0 bridgehead atoms. The van der Waals surface area contributed by atoms with Crippen molar-refractivity contribution in [3.63, 3.8) is 0 Å². The Labute approximate surface area is 175 Å². The molecule has 0 saturated heterocycles. The van der Waals surface area contributed by atoms with Gasteiger partial charge in [-0.2, -0.15) is 0 Å². The highest BCUT2D eigenvalue weighted by Crippen LogP contribution is 2.36. The summed E-state index contributed by atoms with van der Waals surface area (Å²) >= 11 is 0. The number of fused-ring (bicyclic) bond motifs is 7. The molecule has 1 heterocycles. The Bertz CT molecular complexity index is 1610. The maximum atomic E-state index is 2.38. The number of nitrogens with zero attached hydrogens (tertiary/aromatic N) is 1. The third-order valence-corrected chi connectivity index (χ3v) is 6.37. The normalized spacial score (nSPS) is 11.7. The minimum Gasteiger partial charge on any atom is -0.200 e. The summed E-state index contributed by atoms with van der Waals surface area (Å²) in [5.74, 6) is 0. The Hall–Kier alpha value is -3.71. The summed E-state index contributed by atoms with van der Waals surface area (Å²) in [5.41, 5.74) is 3.83. The van der Waals surface area contributed by atoms with E-state index in [1.807, 2.05) is 0 Å². The number of hydrogen-bond acceptors (Lipinski definition) is 0. The Morgan fingerprint density at radius 2 is 1.03 bits per heavy atom. The van der Waals surface area contributed by atoms with Gasteiger partial charge in [0.1, 0.15) is 7.05 Å². The van der Waals surface area contributed by atoms with Crippen LogP contribution in [0.4, 0.5) is 0 Å². The smallest absolute Gasteiger partial charge is 0.200 e. The van der Waals surface area contributed by atoms with Crippen molar-refractivity contribution in [1.29, 1.82) is 0 Å². The molecule has 142 valence electrons. The van der Waals surface area contributed by atoms with E-state index < -0.39 is 0 Å². The highest BCUT2D eigenvalue weighted by Gasteiger charge is 2.18. The molecule has 30 heavy (non-hydrogen) atoms. The average molecular weight is 385 g/mol. The van der Waals surface area contributed by atoms with E-state index in [-0.39, 0.29) is 0 Å². The Morgan fingerprint density at radius 3 is 1.67 bits per heavy atom. The van der Waals surface area contributed by atoms with Gasteiger partial charge in [-0.25, -0.2) is 4.57 Å². The highest BCUT2D eigenvalue weighted by molar-refractivity contribution is 6.25. The molecule has 5 aromatic carbocycles. The van der Waals surface area contributed by atoms with Gasteiger partial charge in [0.05, 0.1) is 5.39 Å². The van der Waals surface area contributed by atoms with Crippen molar-refractivity contribution < 1.29 is 4.57 Å². The van der Waals surface area contributed by atoms with E-state index in [9.17, 15) is 0 Å². The van der Waals surface area contributed by atoms with Crippen LogP contribution in [-0.2, 0) is 7.05 Å². The fraction of sp³-hybridized carbons (Fsp3) is 0.0690. The van der Waals surface area contributed by atoms with Crippen LogP contribution in [0.1, 0.15) is 5.56 Å². The lowest BCUT2D eigenvalue weighted by atomic mass is 9.93. The molecule has 0 saturated carbocycles. The second kappa shape index (κ2) is 6.40. The second-order valence-electron chi connectivity index (χ2n) is 8.20. The SMILES string of the molecule is Cc1cc2ccccc2cc1-c1cc2c3ccccc3c3ccccc3c2c[n+]1C. The zero-order valence-corrected chi connectivity index (χ0v) is 17.2. The monoisotopic (exact) mass is 384 g/mol. The predicted octanol–water partition coefficient (Wildman–Crippen LogP) is 7.10. The molecule has 0 aliphatic heterocycles. The van der Waals surface area contributed by atoms with Gasteiger partial charge >= 0.3 is 0 Å². The first kappa shape index (κ1) is 17.2. The van der Waals surface area contributed by atoms with Crippen LogP contribution >= 0.6 is 0 Å². The van der Waals surface area contributed by atoms with Gasteiger partial charge in [-0.3, -0.25) is 0 Å². The van der Waals surface area contributed by atoms with Crippen LogP contribution in [0.5, 0.6) is 0 Å². The Balaban J connectivity index is 1.76. The molecule has 6 aromatic rings. The highest BCUT2D eigenvalue weighted by atomic mass is 14.9. The molecule has 0 spiro atoms. The number of benzene rings is 5. The lowest BCUT2D eigenvalue weighted by Gasteiger charge is -2.12. The molecule has 0 atom stereocenters. The van der Waals surface area contributed by atoms with Crippen molar-refractivity contribution in [2.75, 3.05) is 0 Å². The molecule has 0 radical (unpaired) electrons. The second-order valence-corrected chi connectivity index (χ2v) is 8.20. The maximum Gasteiger partial charge on any atom is 0.213 e. The topological polar surface area (TPSA) is 3.88 Å². The van der Waals surface area contributed by atoms with Crippen LogP contribution in [0.3, 0.4) is 0 Å². The van der Waals surface area contributed by atoms with Gasteiger partial charge in [-0.05, 0) is 50.9 Å². The molecule has 1 heteroatoms. The minimum atomic E-state index is 1.24. The predicted molar refractivity (Wildman–Crippen MR) is 128 cm³/mol. The molecule has 0 aliphatic rings.